The van der Waals surface area contributed by atoms with Crippen LogP contribution in [0.2, 0.25) is 9.36 Å². The van der Waals surface area contributed by atoms with E-state index in [9.17, 15) is 24.0 Å². The fourth-order valence-electron chi connectivity index (χ4n) is 6.99. The van der Waals surface area contributed by atoms with Crippen molar-refractivity contribution in [1.29, 1.82) is 0 Å². The molecular weight excluding hydrogens is 615 g/mol. The van der Waals surface area contributed by atoms with Crippen LogP contribution in [0.4, 0.5) is 5.69 Å². The van der Waals surface area contributed by atoms with Crippen molar-refractivity contribution in [2.75, 3.05) is 12.4 Å². The third kappa shape index (κ3) is 7.50. The molecule has 6 rings (SSSR count). The molecule has 0 saturated heterocycles. The van der Waals surface area contributed by atoms with E-state index in [0.29, 0.717) is 11.8 Å². The number of nitrogens with zero attached hydrogens (tertiary/aromatic N) is 1. The minimum Gasteiger partial charge on any atom is -0.466 e. The fraction of sp³-hybridized carbons (Fsp3) is 0.500. The Labute approximate surface area is 263 Å². The van der Waals surface area contributed by atoms with Crippen molar-refractivity contribution in [1.82, 2.24) is 15.2 Å². The van der Waals surface area contributed by atoms with Crippen LogP contribution in [0.15, 0.2) is 41.3 Å². The van der Waals surface area contributed by atoms with Gasteiger partial charge in [0.15, 0.2) is 0 Å². The summed E-state index contributed by atoms with van der Waals surface area (Å²) >= 11 is 12.9. The van der Waals surface area contributed by atoms with Crippen molar-refractivity contribution in [3.8, 4) is 0 Å². The normalized spacial score (nSPS) is 24.5. The maximum absolute atomic E-state index is 13.3. The van der Waals surface area contributed by atoms with Crippen LogP contribution < -0.4 is 21.5 Å². The minimum absolute atomic E-state index is 0.0264. The number of allylic oxidation sites excluding steroid dienone is 1. The van der Waals surface area contributed by atoms with Crippen molar-refractivity contribution >= 4 is 63.9 Å². The Kier molecular flexibility index (Phi) is 9.93. The number of esters is 1. The number of thiophene rings is 1. The van der Waals surface area contributed by atoms with Gasteiger partial charge in [0.1, 0.15) is 22.6 Å². The standard InChI is InChI=1S/C30H34Cl2N4O6S/c1-42-25(38)7-3-2-5-21(33-29(40)23-14-20(31)27(32)43-23)28(39)34-22-6-4-8-36(30(22)41)15-24(37)35-26-18-10-16-9-17(12-18)13-19(26)11-16/h3-4,6-8,14,16-19,21,26H,2,5,9-13,15H2,1H3,(H,33,40)(H,34,39)(H,35,37)/b7-3+/t16?,17?,18?,19?,21-,26?/m0/s1. The second kappa shape index (κ2) is 13.7. The monoisotopic (exact) mass is 648 g/mol. The average molecular weight is 650 g/mol. The lowest BCUT2D eigenvalue weighted by atomic mass is 9.54. The molecule has 3 amide bonds. The van der Waals surface area contributed by atoms with E-state index in [1.807, 2.05) is 0 Å². The number of halogens is 2. The van der Waals surface area contributed by atoms with Gasteiger partial charge in [-0.15, -0.1) is 11.3 Å². The number of rotatable bonds is 11. The van der Waals surface area contributed by atoms with Gasteiger partial charge in [-0.2, -0.15) is 0 Å². The lowest BCUT2D eigenvalue weighted by molar-refractivity contribution is -0.134. The van der Waals surface area contributed by atoms with E-state index < -0.39 is 29.4 Å². The van der Waals surface area contributed by atoms with Crippen LogP contribution in [0, 0.1) is 23.7 Å². The summed E-state index contributed by atoms with van der Waals surface area (Å²) in [7, 11) is 1.25. The van der Waals surface area contributed by atoms with Crippen LogP contribution in [-0.2, 0) is 25.7 Å². The minimum atomic E-state index is -1.07. The van der Waals surface area contributed by atoms with Gasteiger partial charge in [0.05, 0.1) is 17.0 Å². The molecule has 4 aliphatic rings. The molecule has 0 aromatic carbocycles. The Balaban J connectivity index is 1.24. The van der Waals surface area contributed by atoms with Crippen LogP contribution in [0.25, 0.3) is 0 Å². The Morgan fingerprint density at radius 2 is 1.81 bits per heavy atom. The van der Waals surface area contributed by atoms with Crippen molar-refractivity contribution in [3.05, 3.63) is 61.1 Å². The summed E-state index contributed by atoms with van der Waals surface area (Å²) in [5, 5.41) is 8.68. The molecule has 2 heterocycles. The van der Waals surface area contributed by atoms with Gasteiger partial charge < -0.3 is 25.3 Å². The molecule has 1 atom stereocenters. The number of anilines is 1. The van der Waals surface area contributed by atoms with E-state index in [0.717, 1.165) is 23.2 Å². The smallest absolute Gasteiger partial charge is 0.330 e. The first-order valence-corrected chi connectivity index (χ1v) is 16.0. The summed E-state index contributed by atoms with van der Waals surface area (Å²) < 4.78 is 6.08. The lowest BCUT2D eigenvalue weighted by Crippen LogP contribution is -2.56. The van der Waals surface area contributed by atoms with Crippen molar-refractivity contribution in [3.63, 3.8) is 0 Å². The Hall–Kier alpha value is -3.15. The molecular formula is C30H34Cl2N4O6S. The first-order chi connectivity index (χ1) is 20.6. The number of nitrogens with one attached hydrogen (secondary N) is 3. The summed E-state index contributed by atoms with van der Waals surface area (Å²) in [5.41, 5.74) is -0.565. The Bertz CT molecular complexity index is 1440. The lowest BCUT2D eigenvalue weighted by Gasteiger charge is -2.54. The molecule has 43 heavy (non-hydrogen) atoms. The van der Waals surface area contributed by atoms with Gasteiger partial charge in [-0.3, -0.25) is 19.2 Å². The SMILES string of the molecule is COC(=O)/C=C/CC[C@H](NC(=O)c1cc(Cl)c(Cl)s1)C(=O)Nc1cccn(CC(=O)NC2C3CC4CC(C3)CC2C4)c1=O. The zero-order valence-electron chi connectivity index (χ0n) is 23.6. The van der Waals surface area contributed by atoms with Crippen LogP contribution in [0.3, 0.4) is 0 Å². The van der Waals surface area contributed by atoms with Gasteiger partial charge >= 0.3 is 5.97 Å². The number of ether oxygens (including phenoxy) is 1. The number of pyridine rings is 1. The fourth-order valence-corrected chi connectivity index (χ4v) is 8.26. The highest BCUT2D eigenvalue weighted by molar-refractivity contribution is 7.18. The maximum Gasteiger partial charge on any atom is 0.330 e. The van der Waals surface area contributed by atoms with Crippen molar-refractivity contribution in [2.45, 2.75) is 63.6 Å². The zero-order valence-corrected chi connectivity index (χ0v) is 26.0. The van der Waals surface area contributed by atoms with E-state index in [4.69, 9.17) is 23.2 Å². The summed E-state index contributed by atoms with van der Waals surface area (Å²) in [6.07, 6.45) is 10.6. The van der Waals surface area contributed by atoms with E-state index in [1.54, 1.807) is 6.07 Å². The maximum atomic E-state index is 13.3. The second-order valence-corrected chi connectivity index (χ2v) is 13.7. The van der Waals surface area contributed by atoms with Crippen LogP contribution >= 0.6 is 34.5 Å². The first-order valence-electron chi connectivity index (χ1n) is 14.4. The molecule has 2 aromatic rings. The molecule has 4 bridgehead atoms. The van der Waals surface area contributed by atoms with E-state index in [-0.39, 0.29) is 51.3 Å². The average Bonchev–Trinajstić information content (AvgIpc) is 3.31. The number of hydrogen-bond donors (Lipinski definition) is 3. The molecule has 4 fully saturated rings. The number of carbonyl (C=O) groups is 4. The molecule has 4 saturated carbocycles. The predicted molar refractivity (Wildman–Crippen MR) is 164 cm³/mol. The second-order valence-electron chi connectivity index (χ2n) is 11.6. The molecule has 4 aliphatic carbocycles. The van der Waals surface area contributed by atoms with Gasteiger partial charge in [-0.1, -0.05) is 29.3 Å². The summed E-state index contributed by atoms with van der Waals surface area (Å²) in [4.78, 5) is 64.1. The zero-order chi connectivity index (χ0) is 30.7. The van der Waals surface area contributed by atoms with Gasteiger partial charge in [-0.05, 0) is 86.8 Å². The molecule has 0 aliphatic heterocycles. The van der Waals surface area contributed by atoms with Crippen LogP contribution in [0.5, 0.6) is 0 Å². The van der Waals surface area contributed by atoms with Gasteiger partial charge in [0.25, 0.3) is 11.5 Å². The number of hydrogen-bond acceptors (Lipinski definition) is 7. The quantitative estimate of drug-likeness (QED) is 0.244. The number of aromatic nitrogens is 1. The van der Waals surface area contributed by atoms with Crippen LogP contribution in [0.1, 0.15) is 54.6 Å². The number of carbonyl (C=O) groups excluding carboxylic acids is 4. The Morgan fingerprint density at radius 3 is 2.44 bits per heavy atom. The number of methoxy groups -OCH3 is 1. The molecule has 10 nitrogen and oxygen atoms in total. The Morgan fingerprint density at radius 1 is 1.12 bits per heavy atom. The first kappa shape index (κ1) is 31.3. The highest BCUT2D eigenvalue weighted by Crippen LogP contribution is 2.53. The molecule has 2 aromatic heterocycles. The topological polar surface area (TPSA) is 136 Å². The summed E-state index contributed by atoms with van der Waals surface area (Å²) in [6.45, 7) is -0.163. The molecule has 0 radical (unpaired) electrons. The van der Waals surface area contributed by atoms with E-state index in [2.05, 4.69) is 20.7 Å². The highest BCUT2D eigenvalue weighted by atomic mass is 35.5. The molecule has 0 unspecified atom stereocenters. The van der Waals surface area contributed by atoms with Crippen molar-refractivity contribution in [2.24, 2.45) is 23.7 Å². The number of amides is 3. The molecule has 230 valence electrons. The van der Waals surface area contributed by atoms with E-state index in [1.165, 1.54) is 74.3 Å². The largest absolute Gasteiger partial charge is 0.466 e. The van der Waals surface area contributed by atoms with Gasteiger partial charge in [-0.25, -0.2) is 4.79 Å². The van der Waals surface area contributed by atoms with Crippen LogP contribution in [-0.4, -0.2) is 47.5 Å². The third-order valence-corrected chi connectivity index (χ3v) is 10.6. The van der Waals surface area contributed by atoms with Gasteiger partial charge in [0, 0.05) is 18.3 Å². The van der Waals surface area contributed by atoms with Gasteiger partial charge in [0.2, 0.25) is 11.8 Å². The van der Waals surface area contributed by atoms with E-state index >= 15 is 0 Å². The molecule has 3 N–H and O–H groups in total. The molecule has 13 heteroatoms. The predicted octanol–water partition coefficient (Wildman–Crippen LogP) is 4.40. The summed E-state index contributed by atoms with van der Waals surface area (Å²) in [5.74, 6) is 0.624. The van der Waals surface area contributed by atoms with Crippen molar-refractivity contribution < 1.29 is 23.9 Å². The highest BCUT2D eigenvalue weighted by Gasteiger charge is 2.48. The third-order valence-electron chi connectivity index (χ3n) is 8.71. The summed E-state index contributed by atoms with van der Waals surface area (Å²) in [6, 6.07) is 3.52. The molecule has 0 spiro atoms.